The van der Waals surface area contributed by atoms with E-state index >= 15 is 0 Å². The van der Waals surface area contributed by atoms with Crippen LogP contribution in [0.15, 0.2) is 104 Å². The molecule has 0 bridgehead atoms. The van der Waals surface area contributed by atoms with E-state index in [0.717, 1.165) is 11.6 Å². The van der Waals surface area contributed by atoms with Crippen LogP contribution < -0.4 is 20.7 Å². The first kappa shape index (κ1) is 37.4. The molecule has 6 N–H and O–H groups in total. The van der Waals surface area contributed by atoms with Crippen molar-refractivity contribution in [3.8, 4) is 5.75 Å². The number of nitrogens with zero attached hydrogens (tertiary/aromatic N) is 7. The molecular weight excluding hydrogens is 709 g/mol. The highest BCUT2D eigenvalue weighted by molar-refractivity contribution is 7.85. The monoisotopic (exact) mass is 740 g/mol. The number of ether oxygens (including phenoxy) is 1. The van der Waals surface area contributed by atoms with E-state index in [-0.39, 0.29) is 39.3 Å². The van der Waals surface area contributed by atoms with E-state index in [2.05, 4.69) is 51.4 Å². The highest BCUT2D eigenvalue weighted by Crippen LogP contribution is 2.34. The molecule has 1 aromatic heterocycles. The first-order valence-electron chi connectivity index (χ1n) is 15.7. The minimum absolute atomic E-state index is 0.0772. The number of aromatic carboxylic acids is 2. The number of methoxy groups -OCH3 is 1. The standard InChI is InChI=1S/C34H32N10O8S/c1-4-19-14-22(9-11-27(19)43-42-25-15-20(30(45)46)13-21(16-25)31(47)48)36-33-38-32(35-5-2)39-34(40-33)37-23-10-12-28(29(18-23)52-3)44-41-24-7-6-8-26(17-24)53(49,50)51/h6-18H,4-5H2,1-3H3,(H,45,46)(H,47,48)(H,49,50,51)(H3,35,36,37,38,39,40)/b43-42+,44-41+. The molecule has 0 aliphatic carbocycles. The molecule has 4 aromatic carbocycles. The normalized spacial score (nSPS) is 11.5. The quantitative estimate of drug-likeness (QED) is 0.0441. The first-order chi connectivity index (χ1) is 25.3. The third-order valence-corrected chi connectivity index (χ3v) is 8.05. The van der Waals surface area contributed by atoms with Crippen molar-refractivity contribution >= 4 is 74.0 Å². The predicted octanol–water partition coefficient (Wildman–Crippen LogP) is 7.84. The largest absolute Gasteiger partial charge is 0.494 e. The summed E-state index contributed by atoms with van der Waals surface area (Å²) in [6, 6.07) is 19.1. The number of aryl methyl sites for hydroxylation is 1. The zero-order chi connectivity index (χ0) is 38.1. The Hall–Kier alpha value is -6.86. The molecule has 0 saturated heterocycles. The number of anilines is 5. The number of hydrogen-bond donors (Lipinski definition) is 6. The first-order valence-corrected chi connectivity index (χ1v) is 17.2. The van der Waals surface area contributed by atoms with E-state index in [1.807, 2.05) is 19.9 Å². The summed E-state index contributed by atoms with van der Waals surface area (Å²) >= 11 is 0. The van der Waals surface area contributed by atoms with Crippen LogP contribution in [0.4, 0.5) is 52.0 Å². The van der Waals surface area contributed by atoms with Gasteiger partial charge in [-0.3, -0.25) is 4.55 Å². The Bertz CT molecular complexity index is 2320. The van der Waals surface area contributed by atoms with Gasteiger partial charge in [0.15, 0.2) is 0 Å². The van der Waals surface area contributed by atoms with Gasteiger partial charge >= 0.3 is 11.9 Å². The number of aromatic nitrogens is 3. The number of carbonyl (C=O) groups is 2. The number of carboxylic acids is 2. The Morgan fingerprint density at radius 3 is 1.89 bits per heavy atom. The fourth-order valence-corrected chi connectivity index (χ4v) is 5.23. The van der Waals surface area contributed by atoms with Gasteiger partial charge in [-0.05, 0) is 85.6 Å². The lowest BCUT2D eigenvalue weighted by Gasteiger charge is -2.13. The van der Waals surface area contributed by atoms with Crippen LogP contribution in [0.5, 0.6) is 5.75 Å². The van der Waals surface area contributed by atoms with Gasteiger partial charge in [-0.25, -0.2) is 9.59 Å². The predicted molar refractivity (Wildman–Crippen MR) is 194 cm³/mol. The maximum absolute atomic E-state index is 11.5. The maximum atomic E-state index is 11.5. The molecule has 0 atom stereocenters. The molecule has 0 aliphatic rings. The molecule has 0 radical (unpaired) electrons. The second-order valence-corrected chi connectivity index (χ2v) is 12.3. The van der Waals surface area contributed by atoms with Crippen LogP contribution in [-0.4, -0.2) is 63.7 Å². The molecule has 19 heteroatoms. The van der Waals surface area contributed by atoms with Crippen molar-refractivity contribution < 1.29 is 37.5 Å². The van der Waals surface area contributed by atoms with E-state index in [4.69, 9.17) is 4.74 Å². The molecule has 0 spiro atoms. The van der Waals surface area contributed by atoms with Gasteiger partial charge in [0.05, 0.1) is 40.2 Å². The molecule has 0 amide bonds. The zero-order valence-corrected chi connectivity index (χ0v) is 29.2. The summed E-state index contributed by atoms with van der Waals surface area (Å²) in [4.78, 5) is 36.0. The van der Waals surface area contributed by atoms with E-state index in [1.165, 1.54) is 43.5 Å². The van der Waals surface area contributed by atoms with Crippen LogP contribution in [0.25, 0.3) is 0 Å². The molecule has 1 heterocycles. The minimum atomic E-state index is -4.40. The smallest absolute Gasteiger partial charge is 0.335 e. The van der Waals surface area contributed by atoms with Gasteiger partial charge in [-0.1, -0.05) is 13.0 Å². The molecular formula is C34H32N10O8S. The van der Waals surface area contributed by atoms with Crippen LogP contribution in [-0.2, 0) is 16.5 Å². The molecule has 0 unspecified atom stereocenters. The number of benzene rings is 4. The summed E-state index contributed by atoms with van der Waals surface area (Å²) in [6.45, 7) is 4.34. The van der Waals surface area contributed by atoms with Crippen molar-refractivity contribution in [3.63, 3.8) is 0 Å². The summed E-state index contributed by atoms with van der Waals surface area (Å²) in [5, 5.41) is 44.7. The summed E-state index contributed by atoms with van der Waals surface area (Å²) in [5.74, 6) is -1.53. The summed E-state index contributed by atoms with van der Waals surface area (Å²) < 4.78 is 37.7. The van der Waals surface area contributed by atoms with E-state index < -0.39 is 22.1 Å². The Balaban J connectivity index is 1.36. The van der Waals surface area contributed by atoms with Crippen LogP contribution in [0.1, 0.15) is 40.1 Å². The van der Waals surface area contributed by atoms with Crippen LogP contribution in [0, 0.1) is 0 Å². The Morgan fingerprint density at radius 2 is 1.30 bits per heavy atom. The van der Waals surface area contributed by atoms with Gasteiger partial charge < -0.3 is 30.9 Å². The SMILES string of the molecule is CCNc1nc(Nc2ccc(/N=N/c3cc(C(=O)O)cc(C(=O)O)c3)c(CC)c2)nc(Nc2ccc(/N=N/c3cccc(S(=O)(=O)O)c3)c(OC)c2)n1. The Kier molecular flexibility index (Phi) is 11.6. The highest BCUT2D eigenvalue weighted by atomic mass is 32.2. The lowest BCUT2D eigenvalue weighted by molar-refractivity contribution is 0.0696. The van der Waals surface area contributed by atoms with E-state index in [1.54, 1.807) is 30.3 Å². The third kappa shape index (κ3) is 9.90. The number of rotatable bonds is 15. The summed E-state index contributed by atoms with van der Waals surface area (Å²) in [6.07, 6.45) is 0.556. The average molecular weight is 741 g/mol. The second-order valence-electron chi connectivity index (χ2n) is 10.9. The summed E-state index contributed by atoms with van der Waals surface area (Å²) in [7, 11) is -2.95. The summed E-state index contributed by atoms with van der Waals surface area (Å²) in [5.41, 5.74) is 2.62. The Labute approximate surface area is 302 Å². The van der Waals surface area contributed by atoms with Crippen molar-refractivity contribution in [2.24, 2.45) is 20.5 Å². The van der Waals surface area contributed by atoms with Crippen LogP contribution in [0.2, 0.25) is 0 Å². The molecule has 5 aromatic rings. The van der Waals surface area contributed by atoms with Gasteiger partial charge in [0.2, 0.25) is 17.8 Å². The number of nitrogens with one attached hydrogen (secondary N) is 3. The van der Waals surface area contributed by atoms with Crippen molar-refractivity contribution in [3.05, 3.63) is 95.6 Å². The molecule has 0 saturated carbocycles. The topological polar surface area (TPSA) is 262 Å². The molecule has 5 rings (SSSR count). The maximum Gasteiger partial charge on any atom is 0.335 e. The fraction of sp³-hybridized carbons (Fsp3) is 0.147. The molecule has 0 fully saturated rings. The van der Waals surface area contributed by atoms with E-state index in [0.29, 0.717) is 47.4 Å². The zero-order valence-electron chi connectivity index (χ0n) is 28.3. The lowest BCUT2D eigenvalue weighted by Crippen LogP contribution is -2.09. The Morgan fingerprint density at radius 1 is 0.717 bits per heavy atom. The highest BCUT2D eigenvalue weighted by Gasteiger charge is 2.14. The molecule has 18 nitrogen and oxygen atoms in total. The molecule has 0 aliphatic heterocycles. The lowest BCUT2D eigenvalue weighted by atomic mass is 10.1. The van der Waals surface area contributed by atoms with Crippen molar-refractivity contribution in [2.75, 3.05) is 29.6 Å². The van der Waals surface area contributed by atoms with Crippen LogP contribution >= 0.6 is 0 Å². The van der Waals surface area contributed by atoms with Gasteiger partial charge in [0.1, 0.15) is 11.4 Å². The minimum Gasteiger partial charge on any atom is -0.494 e. The van der Waals surface area contributed by atoms with Gasteiger partial charge in [-0.2, -0.15) is 38.7 Å². The van der Waals surface area contributed by atoms with Gasteiger partial charge in [-0.15, -0.1) is 5.11 Å². The third-order valence-electron chi connectivity index (χ3n) is 7.20. The van der Waals surface area contributed by atoms with Gasteiger partial charge in [0.25, 0.3) is 10.1 Å². The van der Waals surface area contributed by atoms with Crippen molar-refractivity contribution in [1.82, 2.24) is 15.0 Å². The second kappa shape index (κ2) is 16.4. The number of carboxylic acid groups (broad SMARTS) is 2. The number of azo groups is 2. The number of hydrogen-bond acceptors (Lipinski definition) is 15. The average Bonchev–Trinajstić information content (AvgIpc) is 3.13. The van der Waals surface area contributed by atoms with E-state index in [9.17, 15) is 32.8 Å². The van der Waals surface area contributed by atoms with Crippen molar-refractivity contribution in [1.29, 1.82) is 0 Å². The van der Waals surface area contributed by atoms with Gasteiger partial charge in [0, 0.05) is 24.0 Å². The van der Waals surface area contributed by atoms with Crippen LogP contribution in [0.3, 0.4) is 0 Å². The fourth-order valence-electron chi connectivity index (χ4n) is 4.71. The van der Waals surface area contributed by atoms with Crippen molar-refractivity contribution in [2.45, 2.75) is 25.2 Å². The molecule has 272 valence electrons. The molecule has 53 heavy (non-hydrogen) atoms.